The molecule has 0 bridgehead atoms. The molecule has 9 heteroatoms. The van der Waals surface area contributed by atoms with Gasteiger partial charge in [-0.25, -0.2) is 0 Å². The van der Waals surface area contributed by atoms with E-state index < -0.39 is 23.9 Å². The number of halogens is 4. The lowest BCUT2D eigenvalue weighted by Crippen LogP contribution is -2.33. The SMILES string of the molecule is O=C(CNC(=O)c1ccccc1I)Nc1cccc(OC(F)(F)F)c1. The summed E-state index contributed by atoms with van der Waals surface area (Å²) in [6.07, 6.45) is -4.82. The zero-order valence-electron chi connectivity index (χ0n) is 12.6. The maximum Gasteiger partial charge on any atom is 0.573 e. The van der Waals surface area contributed by atoms with Crippen LogP contribution < -0.4 is 15.4 Å². The van der Waals surface area contributed by atoms with Crippen LogP contribution in [0.2, 0.25) is 0 Å². The first-order valence-electron chi connectivity index (χ1n) is 6.93. The maximum atomic E-state index is 12.2. The predicted molar refractivity (Wildman–Crippen MR) is 93.2 cm³/mol. The summed E-state index contributed by atoms with van der Waals surface area (Å²) in [6, 6.07) is 11.7. The molecule has 0 spiro atoms. The Morgan fingerprint density at radius 2 is 1.80 bits per heavy atom. The molecule has 2 aromatic carbocycles. The highest BCUT2D eigenvalue weighted by atomic mass is 127. The second kappa shape index (κ2) is 8.19. The van der Waals surface area contributed by atoms with Crippen LogP contribution in [0.5, 0.6) is 5.75 Å². The van der Waals surface area contributed by atoms with Crippen LogP contribution in [0.4, 0.5) is 18.9 Å². The molecule has 25 heavy (non-hydrogen) atoms. The second-order valence-electron chi connectivity index (χ2n) is 4.79. The first kappa shape index (κ1) is 19.0. The normalized spacial score (nSPS) is 10.9. The van der Waals surface area contributed by atoms with Gasteiger partial charge in [-0.15, -0.1) is 13.2 Å². The molecule has 0 saturated heterocycles. The zero-order chi connectivity index (χ0) is 18.4. The smallest absolute Gasteiger partial charge is 0.406 e. The predicted octanol–water partition coefficient (Wildman–Crippen LogP) is 3.56. The van der Waals surface area contributed by atoms with E-state index in [1.807, 2.05) is 22.6 Å². The number of nitrogens with one attached hydrogen (secondary N) is 2. The highest BCUT2D eigenvalue weighted by Gasteiger charge is 2.31. The van der Waals surface area contributed by atoms with Crippen molar-refractivity contribution in [1.29, 1.82) is 0 Å². The second-order valence-corrected chi connectivity index (χ2v) is 5.95. The van der Waals surface area contributed by atoms with Crippen LogP contribution in [0.1, 0.15) is 10.4 Å². The summed E-state index contributed by atoms with van der Waals surface area (Å²) < 4.78 is 41.0. The molecule has 0 heterocycles. The lowest BCUT2D eigenvalue weighted by Gasteiger charge is -2.11. The Balaban J connectivity index is 1.91. The fourth-order valence-electron chi connectivity index (χ4n) is 1.88. The Labute approximate surface area is 154 Å². The number of hydrogen-bond acceptors (Lipinski definition) is 3. The zero-order valence-corrected chi connectivity index (χ0v) is 14.7. The number of alkyl halides is 3. The summed E-state index contributed by atoms with van der Waals surface area (Å²) in [5.74, 6) is -1.45. The van der Waals surface area contributed by atoms with Crippen LogP contribution in [0.3, 0.4) is 0 Å². The Hall–Kier alpha value is -2.30. The van der Waals surface area contributed by atoms with Gasteiger partial charge >= 0.3 is 6.36 Å². The quantitative estimate of drug-likeness (QED) is 0.666. The topological polar surface area (TPSA) is 67.4 Å². The van der Waals surface area contributed by atoms with Crippen LogP contribution in [-0.2, 0) is 4.79 Å². The molecule has 0 fully saturated rings. The molecular weight excluding hydrogens is 452 g/mol. The van der Waals surface area contributed by atoms with Crippen molar-refractivity contribution in [2.45, 2.75) is 6.36 Å². The number of benzene rings is 2. The van der Waals surface area contributed by atoms with Crippen molar-refractivity contribution in [3.8, 4) is 5.75 Å². The molecule has 2 amide bonds. The van der Waals surface area contributed by atoms with Gasteiger partial charge in [-0.2, -0.15) is 0 Å². The van der Waals surface area contributed by atoms with Gasteiger partial charge in [-0.1, -0.05) is 18.2 Å². The summed E-state index contributed by atoms with van der Waals surface area (Å²) >= 11 is 2.00. The van der Waals surface area contributed by atoms with Gasteiger partial charge < -0.3 is 15.4 Å². The van der Waals surface area contributed by atoms with Crippen molar-refractivity contribution in [3.05, 3.63) is 57.7 Å². The maximum absolute atomic E-state index is 12.2. The lowest BCUT2D eigenvalue weighted by atomic mass is 10.2. The number of amides is 2. The van der Waals surface area contributed by atoms with E-state index in [-0.39, 0.29) is 12.2 Å². The Bertz CT molecular complexity index is 781. The monoisotopic (exact) mass is 464 g/mol. The van der Waals surface area contributed by atoms with E-state index in [1.165, 1.54) is 12.1 Å². The highest BCUT2D eigenvalue weighted by molar-refractivity contribution is 14.1. The summed E-state index contributed by atoms with van der Waals surface area (Å²) in [6.45, 7) is -0.325. The van der Waals surface area contributed by atoms with Crippen LogP contribution in [0, 0.1) is 3.57 Å². The molecule has 2 rings (SSSR count). The van der Waals surface area contributed by atoms with Crippen LogP contribution in [-0.4, -0.2) is 24.7 Å². The van der Waals surface area contributed by atoms with Crippen molar-refractivity contribution in [1.82, 2.24) is 5.32 Å². The van der Waals surface area contributed by atoms with E-state index in [0.29, 0.717) is 5.56 Å². The average Bonchev–Trinajstić information content (AvgIpc) is 2.52. The molecule has 5 nitrogen and oxygen atoms in total. The molecule has 0 unspecified atom stereocenters. The molecule has 0 aliphatic heterocycles. The van der Waals surface area contributed by atoms with Crippen LogP contribution in [0.25, 0.3) is 0 Å². The first-order valence-corrected chi connectivity index (χ1v) is 8.01. The molecule has 0 aliphatic carbocycles. The van der Waals surface area contributed by atoms with Gasteiger partial charge in [0.15, 0.2) is 0 Å². The molecule has 0 aromatic heterocycles. The van der Waals surface area contributed by atoms with Gasteiger partial charge in [-0.3, -0.25) is 9.59 Å². The third kappa shape index (κ3) is 6.25. The molecule has 0 radical (unpaired) electrons. The third-order valence-electron chi connectivity index (χ3n) is 2.88. The summed E-state index contributed by atoms with van der Waals surface area (Å²) in [5.41, 5.74) is 0.548. The minimum Gasteiger partial charge on any atom is -0.406 e. The van der Waals surface area contributed by atoms with Gasteiger partial charge in [0.05, 0.1) is 12.1 Å². The van der Waals surface area contributed by atoms with Gasteiger partial charge in [0, 0.05) is 15.3 Å². The standard InChI is InChI=1S/C16H12F3IN2O3/c17-16(18,19)25-11-5-3-4-10(8-11)22-14(23)9-21-15(24)12-6-1-2-7-13(12)20/h1-8H,9H2,(H,21,24)(H,22,23). The Kier molecular flexibility index (Phi) is 6.23. The van der Waals surface area contributed by atoms with Gasteiger partial charge in [0.2, 0.25) is 5.91 Å². The fourth-order valence-corrected chi connectivity index (χ4v) is 2.51. The van der Waals surface area contributed by atoms with Crippen molar-refractivity contribution in [2.24, 2.45) is 0 Å². The lowest BCUT2D eigenvalue weighted by molar-refractivity contribution is -0.274. The molecule has 2 aromatic rings. The number of rotatable bonds is 5. The van der Waals surface area contributed by atoms with Crippen molar-refractivity contribution < 1.29 is 27.5 Å². The van der Waals surface area contributed by atoms with Crippen molar-refractivity contribution in [2.75, 3.05) is 11.9 Å². The van der Waals surface area contributed by atoms with Crippen molar-refractivity contribution in [3.63, 3.8) is 0 Å². The molecule has 2 N–H and O–H groups in total. The van der Waals surface area contributed by atoms with Crippen LogP contribution in [0.15, 0.2) is 48.5 Å². The summed E-state index contributed by atoms with van der Waals surface area (Å²) in [5, 5.41) is 4.83. The average molecular weight is 464 g/mol. The van der Waals surface area contributed by atoms with Crippen LogP contribution >= 0.6 is 22.6 Å². The number of carbonyl (C=O) groups excluding carboxylic acids is 2. The number of ether oxygens (including phenoxy) is 1. The van der Waals surface area contributed by atoms with Gasteiger partial charge in [0.25, 0.3) is 5.91 Å². The van der Waals surface area contributed by atoms with Gasteiger partial charge in [-0.05, 0) is 46.9 Å². The van der Waals surface area contributed by atoms with E-state index in [0.717, 1.165) is 15.7 Å². The number of anilines is 1. The minimum atomic E-state index is -4.82. The van der Waals surface area contributed by atoms with Gasteiger partial charge in [0.1, 0.15) is 5.75 Å². The third-order valence-corrected chi connectivity index (χ3v) is 3.82. The molecule has 0 saturated carbocycles. The van der Waals surface area contributed by atoms with E-state index in [4.69, 9.17) is 0 Å². The Morgan fingerprint density at radius 3 is 2.48 bits per heavy atom. The van der Waals surface area contributed by atoms with E-state index in [2.05, 4.69) is 15.4 Å². The van der Waals surface area contributed by atoms with E-state index in [1.54, 1.807) is 24.3 Å². The number of hydrogen-bond donors (Lipinski definition) is 2. The highest BCUT2D eigenvalue weighted by Crippen LogP contribution is 2.24. The van der Waals surface area contributed by atoms with E-state index in [9.17, 15) is 22.8 Å². The summed E-state index contributed by atoms with van der Waals surface area (Å²) in [4.78, 5) is 23.8. The minimum absolute atomic E-state index is 0.121. The molecular formula is C16H12F3IN2O3. The first-order chi connectivity index (χ1) is 11.7. The fraction of sp³-hybridized carbons (Fsp3) is 0.125. The Morgan fingerprint density at radius 1 is 1.08 bits per heavy atom. The largest absolute Gasteiger partial charge is 0.573 e. The summed E-state index contributed by atoms with van der Waals surface area (Å²) in [7, 11) is 0. The van der Waals surface area contributed by atoms with Crippen molar-refractivity contribution >= 4 is 40.1 Å². The molecule has 0 aliphatic rings. The van der Waals surface area contributed by atoms with E-state index >= 15 is 0 Å². The number of carbonyl (C=O) groups is 2. The molecule has 0 atom stereocenters. The molecule has 132 valence electrons.